The van der Waals surface area contributed by atoms with Gasteiger partial charge in [0.25, 0.3) is 0 Å². The summed E-state index contributed by atoms with van der Waals surface area (Å²) < 4.78 is 2.49. The molecule has 0 saturated carbocycles. The number of nitrogens with zero attached hydrogens (tertiary/aromatic N) is 4. The second-order valence-electron chi connectivity index (χ2n) is 10.7. The minimum absolute atomic E-state index is 0.436. The van der Waals surface area contributed by atoms with E-state index in [4.69, 9.17) is 11.2 Å². The van der Waals surface area contributed by atoms with Gasteiger partial charge in [-0.3, -0.25) is 4.67 Å². The number of benzene rings is 4. The van der Waals surface area contributed by atoms with Crippen LogP contribution >= 0.6 is 26.6 Å². The standard InChI is InChI=1S/C17H23N2P.C12H10ClP.C6H16N2/c1-18(2)14-15-19(3)20(16-10-6-4-7-11-16)17-12-8-5-9-13-17;13-14(11-7-3-1-4-8-11)12-9-5-2-6-10-12;1-7(2)5-6-8(3)4/h4-13H,14-15H2,1-3H3;1-10H;5-6H2,1-4H3. The van der Waals surface area contributed by atoms with Gasteiger partial charge in [-0.05, 0) is 70.6 Å². The molecule has 4 aromatic rings. The van der Waals surface area contributed by atoms with E-state index in [-0.39, 0.29) is 0 Å². The van der Waals surface area contributed by atoms with Crippen LogP contribution in [0, 0.1) is 0 Å². The van der Waals surface area contributed by atoms with Crippen molar-refractivity contribution in [2.24, 2.45) is 0 Å². The summed E-state index contributed by atoms with van der Waals surface area (Å²) in [5, 5.41) is 5.23. The van der Waals surface area contributed by atoms with Gasteiger partial charge in [-0.15, -0.1) is 0 Å². The van der Waals surface area contributed by atoms with Gasteiger partial charge in [-0.25, -0.2) is 0 Å². The highest BCUT2D eigenvalue weighted by Gasteiger charge is 2.18. The molecule has 0 aliphatic heterocycles. The molecule has 0 fully saturated rings. The van der Waals surface area contributed by atoms with Crippen molar-refractivity contribution in [3.05, 3.63) is 121 Å². The van der Waals surface area contributed by atoms with Crippen LogP contribution in [0.1, 0.15) is 0 Å². The molecular formula is C35H49ClN4P2. The van der Waals surface area contributed by atoms with Crippen molar-refractivity contribution in [3.8, 4) is 0 Å². The van der Waals surface area contributed by atoms with Crippen LogP contribution in [0.25, 0.3) is 0 Å². The molecule has 4 rings (SSSR count). The lowest BCUT2D eigenvalue weighted by molar-refractivity contribution is 0.320. The van der Waals surface area contributed by atoms with Gasteiger partial charge in [0, 0.05) is 34.3 Å². The summed E-state index contributed by atoms with van der Waals surface area (Å²) in [5.74, 6) is 0. The summed E-state index contributed by atoms with van der Waals surface area (Å²) >= 11 is 6.40. The fourth-order valence-corrected chi connectivity index (χ4v) is 7.92. The number of likely N-dealkylation sites (N-methyl/N-ethyl adjacent to an activating group) is 4. The Morgan fingerprint density at radius 2 is 0.667 bits per heavy atom. The molecule has 0 N–H and O–H groups in total. The largest absolute Gasteiger partial charge is 0.308 e. The Morgan fingerprint density at radius 3 is 0.952 bits per heavy atom. The van der Waals surface area contributed by atoms with Crippen LogP contribution in [0.2, 0.25) is 0 Å². The molecule has 0 heterocycles. The van der Waals surface area contributed by atoms with Crippen molar-refractivity contribution >= 4 is 47.8 Å². The quantitative estimate of drug-likeness (QED) is 0.193. The van der Waals surface area contributed by atoms with Gasteiger partial charge >= 0.3 is 0 Å². The smallest absolute Gasteiger partial charge is 0.0524 e. The first kappa shape index (κ1) is 36.1. The van der Waals surface area contributed by atoms with Gasteiger partial charge in [-0.1, -0.05) is 133 Å². The molecular weight excluding hydrogens is 574 g/mol. The maximum Gasteiger partial charge on any atom is 0.0524 e. The van der Waals surface area contributed by atoms with Crippen molar-refractivity contribution in [1.29, 1.82) is 0 Å². The van der Waals surface area contributed by atoms with Crippen LogP contribution in [0.5, 0.6) is 0 Å². The monoisotopic (exact) mass is 622 g/mol. The van der Waals surface area contributed by atoms with E-state index < -0.39 is 15.3 Å². The average Bonchev–Trinajstić information content (AvgIpc) is 3.01. The zero-order chi connectivity index (χ0) is 30.7. The van der Waals surface area contributed by atoms with E-state index in [1.807, 2.05) is 36.4 Å². The first-order valence-corrected chi connectivity index (χ1v) is 17.8. The summed E-state index contributed by atoms with van der Waals surface area (Å²) in [4.78, 5) is 6.60. The lowest BCUT2D eigenvalue weighted by atomic mass is 10.4. The molecule has 0 spiro atoms. The zero-order valence-electron chi connectivity index (χ0n) is 26.4. The Labute approximate surface area is 263 Å². The van der Waals surface area contributed by atoms with Crippen LogP contribution < -0.4 is 21.2 Å². The molecule has 0 aromatic heterocycles. The molecule has 42 heavy (non-hydrogen) atoms. The summed E-state index contributed by atoms with van der Waals surface area (Å²) in [6, 6.07) is 42.1. The number of rotatable bonds is 11. The van der Waals surface area contributed by atoms with E-state index in [1.165, 1.54) is 21.2 Å². The minimum atomic E-state index is -0.699. The second kappa shape index (κ2) is 20.7. The first-order chi connectivity index (χ1) is 20.2. The van der Waals surface area contributed by atoms with Gasteiger partial charge in [0.15, 0.2) is 0 Å². The average molecular weight is 623 g/mol. The minimum Gasteiger partial charge on any atom is -0.308 e. The van der Waals surface area contributed by atoms with E-state index in [2.05, 4.69) is 154 Å². The molecule has 7 heteroatoms. The normalized spacial score (nSPS) is 11.1. The van der Waals surface area contributed by atoms with Gasteiger partial charge in [0.1, 0.15) is 0 Å². The van der Waals surface area contributed by atoms with Gasteiger partial charge in [0.2, 0.25) is 0 Å². The van der Waals surface area contributed by atoms with Crippen LogP contribution in [0.15, 0.2) is 121 Å². The molecule has 0 bridgehead atoms. The lowest BCUT2D eigenvalue weighted by Crippen LogP contribution is -2.31. The highest BCUT2D eigenvalue weighted by Crippen LogP contribution is 2.38. The molecule has 0 radical (unpaired) electrons. The number of hydrogen-bond acceptors (Lipinski definition) is 4. The lowest BCUT2D eigenvalue weighted by Gasteiger charge is -2.29. The van der Waals surface area contributed by atoms with Crippen molar-refractivity contribution < 1.29 is 0 Å². The van der Waals surface area contributed by atoms with E-state index >= 15 is 0 Å². The molecule has 226 valence electrons. The van der Waals surface area contributed by atoms with Crippen LogP contribution in [-0.2, 0) is 0 Å². The maximum absolute atomic E-state index is 6.40. The zero-order valence-corrected chi connectivity index (χ0v) is 29.0. The summed E-state index contributed by atoms with van der Waals surface area (Å²) in [6.07, 6.45) is 0. The highest BCUT2D eigenvalue weighted by atomic mass is 35.7. The van der Waals surface area contributed by atoms with Crippen LogP contribution in [0.3, 0.4) is 0 Å². The third kappa shape index (κ3) is 14.4. The Hall–Kier alpha value is -2.13. The van der Waals surface area contributed by atoms with Crippen LogP contribution in [-0.4, -0.2) is 94.9 Å². The predicted octanol–water partition coefficient (Wildman–Crippen LogP) is 5.91. The Bertz CT molecular complexity index is 1110. The van der Waals surface area contributed by atoms with E-state index in [0.717, 1.165) is 26.2 Å². The highest BCUT2D eigenvalue weighted by molar-refractivity contribution is 7.95. The summed E-state index contributed by atoms with van der Waals surface area (Å²) in [7, 11) is 13.7. The van der Waals surface area contributed by atoms with Gasteiger partial charge in [-0.2, -0.15) is 0 Å². The van der Waals surface area contributed by atoms with E-state index in [9.17, 15) is 0 Å². The Balaban J connectivity index is 0.000000243. The fraction of sp³-hybridized carbons (Fsp3) is 0.314. The third-order valence-electron chi connectivity index (χ3n) is 6.17. The fourth-order valence-electron chi connectivity index (χ4n) is 3.79. The third-order valence-corrected chi connectivity index (χ3v) is 11.3. The molecule has 0 aliphatic rings. The molecule has 0 atom stereocenters. The van der Waals surface area contributed by atoms with Crippen molar-refractivity contribution in [1.82, 2.24) is 19.4 Å². The number of hydrogen-bond donors (Lipinski definition) is 0. The predicted molar refractivity (Wildman–Crippen MR) is 192 cm³/mol. The van der Waals surface area contributed by atoms with Gasteiger partial charge in [0.05, 0.1) is 7.27 Å². The second-order valence-corrected chi connectivity index (χ2v) is 15.7. The summed E-state index contributed by atoms with van der Waals surface area (Å²) in [6.45, 7) is 4.44. The maximum atomic E-state index is 6.40. The molecule has 0 unspecified atom stereocenters. The van der Waals surface area contributed by atoms with Crippen molar-refractivity contribution in [2.75, 3.05) is 75.5 Å². The van der Waals surface area contributed by atoms with Gasteiger partial charge < -0.3 is 14.7 Å². The SMILES string of the molecule is CN(C)CCN(C)C.CN(C)CCN(C)P(c1ccccc1)c1ccccc1.ClP(c1ccccc1)c1ccccc1. The molecule has 0 amide bonds. The molecule has 4 nitrogen and oxygen atoms in total. The van der Waals surface area contributed by atoms with E-state index in [1.54, 1.807) is 0 Å². The van der Waals surface area contributed by atoms with Crippen LogP contribution in [0.4, 0.5) is 0 Å². The first-order valence-electron chi connectivity index (χ1n) is 14.3. The topological polar surface area (TPSA) is 13.0 Å². The van der Waals surface area contributed by atoms with E-state index in [0.29, 0.717) is 0 Å². The molecule has 0 saturated heterocycles. The summed E-state index contributed by atoms with van der Waals surface area (Å²) in [5.41, 5.74) is 0. The molecule has 4 aromatic carbocycles. The Morgan fingerprint density at radius 1 is 0.405 bits per heavy atom. The number of halogens is 1. The molecule has 0 aliphatic carbocycles. The van der Waals surface area contributed by atoms with Crippen molar-refractivity contribution in [3.63, 3.8) is 0 Å². The van der Waals surface area contributed by atoms with Crippen molar-refractivity contribution in [2.45, 2.75) is 0 Å². The Kier molecular flexibility index (Phi) is 17.8.